The number of rotatable bonds is 9. The van der Waals surface area contributed by atoms with Gasteiger partial charge in [0.15, 0.2) is 6.61 Å². The van der Waals surface area contributed by atoms with E-state index in [0.29, 0.717) is 35.1 Å². The Bertz CT molecular complexity index is 773. The maximum Gasteiger partial charge on any atom is 0.338 e. The summed E-state index contributed by atoms with van der Waals surface area (Å²) in [4.78, 5) is 24.1. The smallest absolute Gasteiger partial charge is 0.338 e. The topological polar surface area (TPSA) is 83.1 Å². The van der Waals surface area contributed by atoms with Crippen LogP contribution in [0.25, 0.3) is 0 Å². The van der Waals surface area contributed by atoms with Gasteiger partial charge in [-0.2, -0.15) is 0 Å². The van der Waals surface area contributed by atoms with Crippen LogP contribution in [0.15, 0.2) is 42.5 Å². The van der Waals surface area contributed by atoms with Crippen molar-refractivity contribution >= 4 is 17.6 Å². The van der Waals surface area contributed by atoms with Gasteiger partial charge in [-0.05, 0) is 42.8 Å². The van der Waals surface area contributed by atoms with Crippen LogP contribution in [0.5, 0.6) is 17.2 Å². The first kappa shape index (κ1) is 20.1. The molecular formula is C20H23NO6. The molecule has 0 radical (unpaired) electrons. The van der Waals surface area contributed by atoms with E-state index in [4.69, 9.17) is 18.9 Å². The Hall–Kier alpha value is -3.22. The summed E-state index contributed by atoms with van der Waals surface area (Å²) >= 11 is 0. The highest BCUT2D eigenvalue weighted by Gasteiger charge is 2.13. The van der Waals surface area contributed by atoms with Gasteiger partial charge in [-0.3, -0.25) is 4.79 Å². The first-order valence-electron chi connectivity index (χ1n) is 8.49. The lowest BCUT2D eigenvalue weighted by Gasteiger charge is -2.12. The van der Waals surface area contributed by atoms with Crippen LogP contribution in [0.2, 0.25) is 0 Å². The average molecular weight is 373 g/mol. The van der Waals surface area contributed by atoms with Crippen LogP contribution >= 0.6 is 0 Å². The molecule has 144 valence electrons. The Morgan fingerprint density at radius 2 is 1.67 bits per heavy atom. The fourth-order valence-corrected chi connectivity index (χ4v) is 2.21. The van der Waals surface area contributed by atoms with Crippen molar-refractivity contribution in [1.29, 1.82) is 0 Å². The van der Waals surface area contributed by atoms with Crippen molar-refractivity contribution in [3.63, 3.8) is 0 Å². The molecule has 0 saturated carbocycles. The minimum Gasteiger partial charge on any atom is -0.497 e. The van der Waals surface area contributed by atoms with Gasteiger partial charge >= 0.3 is 5.97 Å². The van der Waals surface area contributed by atoms with Crippen molar-refractivity contribution < 1.29 is 28.5 Å². The van der Waals surface area contributed by atoms with Gasteiger partial charge in [0.25, 0.3) is 5.91 Å². The number of carbonyl (C=O) groups is 2. The maximum atomic E-state index is 12.0. The number of hydrogen-bond acceptors (Lipinski definition) is 6. The Labute approximate surface area is 158 Å². The molecule has 0 atom stereocenters. The second-order valence-corrected chi connectivity index (χ2v) is 5.56. The standard InChI is InChI=1S/C20H23NO6/c1-4-11-26-15-7-5-14(6-8-15)20(23)27-13-19(22)21-17-10-9-16(24-2)12-18(17)25-3/h5-10,12H,4,11,13H2,1-3H3,(H,21,22). The van der Waals surface area contributed by atoms with Gasteiger partial charge in [0, 0.05) is 6.07 Å². The predicted molar refractivity (Wildman–Crippen MR) is 101 cm³/mol. The molecule has 0 aromatic heterocycles. The van der Waals surface area contributed by atoms with Gasteiger partial charge < -0.3 is 24.3 Å². The zero-order chi connectivity index (χ0) is 19.6. The molecule has 7 heteroatoms. The summed E-state index contributed by atoms with van der Waals surface area (Å²) in [7, 11) is 3.02. The number of methoxy groups -OCH3 is 2. The van der Waals surface area contributed by atoms with E-state index in [9.17, 15) is 9.59 Å². The summed E-state index contributed by atoms with van der Waals surface area (Å²) in [5.74, 6) is 0.653. The molecule has 2 aromatic rings. The summed E-state index contributed by atoms with van der Waals surface area (Å²) in [6.07, 6.45) is 0.901. The van der Waals surface area contributed by atoms with Gasteiger partial charge in [-0.1, -0.05) is 6.92 Å². The molecule has 2 aromatic carbocycles. The van der Waals surface area contributed by atoms with Crippen LogP contribution in [-0.4, -0.2) is 39.3 Å². The minimum absolute atomic E-state index is 0.341. The largest absolute Gasteiger partial charge is 0.497 e. The van der Waals surface area contributed by atoms with Crippen molar-refractivity contribution in [2.24, 2.45) is 0 Å². The number of ether oxygens (including phenoxy) is 4. The summed E-state index contributed by atoms with van der Waals surface area (Å²) in [5.41, 5.74) is 0.797. The van der Waals surface area contributed by atoms with Gasteiger partial charge in [0.1, 0.15) is 17.2 Å². The molecule has 2 rings (SSSR count). The second-order valence-electron chi connectivity index (χ2n) is 5.56. The summed E-state index contributed by atoms with van der Waals surface area (Å²) in [6, 6.07) is 11.5. The zero-order valence-corrected chi connectivity index (χ0v) is 15.6. The normalized spacial score (nSPS) is 10.0. The first-order chi connectivity index (χ1) is 13.1. The lowest BCUT2D eigenvalue weighted by atomic mass is 10.2. The van der Waals surface area contributed by atoms with Gasteiger partial charge in [-0.15, -0.1) is 0 Å². The Morgan fingerprint density at radius 3 is 2.30 bits per heavy atom. The minimum atomic E-state index is -0.589. The molecule has 0 aliphatic rings. The average Bonchev–Trinajstić information content (AvgIpc) is 2.71. The van der Waals surface area contributed by atoms with Crippen LogP contribution in [0.4, 0.5) is 5.69 Å². The Morgan fingerprint density at radius 1 is 0.963 bits per heavy atom. The predicted octanol–water partition coefficient (Wildman–Crippen LogP) is 3.29. The van der Waals surface area contributed by atoms with E-state index in [2.05, 4.69) is 5.32 Å². The van der Waals surface area contributed by atoms with Crippen LogP contribution in [0.1, 0.15) is 23.7 Å². The lowest BCUT2D eigenvalue weighted by Crippen LogP contribution is -2.21. The molecule has 7 nitrogen and oxygen atoms in total. The van der Waals surface area contributed by atoms with E-state index < -0.39 is 18.5 Å². The van der Waals surface area contributed by atoms with Gasteiger partial charge in [0.2, 0.25) is 0 Å². The van der Waals surface area contributed by atoms with Crippen molar-refractivity contribution in [3.05, 3.63) is 48.0 Å². The fraction of sp³-hybridized carbons (Fsp3) is 0.300. The van der Waals surface area contributed by atoms with E-state index in [1.807, 2.05) is 6.92 Å². The Kier molecular flexibility index (Phi) is 7.49. The number of benzene rings is 2. The van der Waals surface area contributed by atoms with E-state index in [-0.39, 0.29) is 0 Å². The van der Waals surface area contributed by atoms with Crippen LogP contribution in [-0.2, 0) is 9.53 Å². The lowest BCUT2D eigenvalue weighted by molar-refractivity contribution is -0.119. The zero-order valence-electron chi connectivity index (χ0n) is 15.6. The monoisotopic (exact) mass is 373 g/mol. The number of hydrogen-bond donors (Lipinski definition) is 1. The molecule has 0 spiro atoms. The molecule has 0 fully saturated rings. The summed E-state index contributed by atoms with van der Waals surface area (Å²) in [6.45, 7) is 2.21. The highest BCUT2D eigenvalue weighted by atomic mass is 16.5. The summed E-state index contributed by atoms with van der Waals surface area (Å²) < 4.78 is 20.8. The molecule has 0 saturated heterocycles. The third-order valence-corrected chi connectivity index (χ3v) is 3.58. The van der Waals surface area contributed by atoms with Gasteiger partial charge in [0.05, 0.1) is 32.1 Å². The van der Waals surface area contributed by atoms with Crippen molar-refractivity contribution in [2.45, 2.75) is 13.3 Å². The van der Waals surface area contributed by atoms with Crippen molar-refractivity contribution in [2.75, 3.05) is 32.8 Å². The third-order valence-electron chi connectivity index (χ3n) is 3.58. The molecule has 1 amide bonds. The van der Waals surface area contributed by atoms with E-state index >= 15 is 0 Å². The van der Waals surface area contributed by atoms with Crippen LogP contribution in [0.3, 0.4) is 0 Å². The van der Waals surface area contributed by atoms with Crippen molar-refractivity contribution in [1.82, 2.24) is 0 Å². The van der Waals surface area contributed by atoms with Crippen molar-refractivity contribution in [3.8, 4) is 17.2 Å². The number of carbonyl (C=O) groups excluding carboxylic acids is 2. The number of nitrogens with one attached hydrogen (secondary N) is 1. The highest BCUT2D eigenvalue weighted by molar-refractivity contribution is 5.96. The third kappa shape index (κ3) is 5.91. The molecule has 0 aliphatic heterocycles. The molecule has 0 aliphatic carbocycles. The number of anilines is 1. The molecule has 1 N–H and O–H groups in total. The number of esters is 1. The molecule has 27 heavy (non-hydrogen) atoms. The SMILES string of the molecule is CCCOc1ccc(C(=O)OCC(=O)Nc2ccc(OC)cc2OC)cc1. The van der Waals surface area contributed by atoms with E-state index in [1.165, 1.54) is 14.2 Å². The van der Waals surface area contributed by atoms with E-state index in [1.54, 1.807) is 42.5 Å². The first-order valence-corrected chi connectivity index (χ1v) is 8.49. The molecular weight excluding hydrogens is 350 g/mol. The van der Waals surface area contributed by atoms with Crippen LogP contribution < -0.4 is 19.5 Å². The second kappa shape index (κ2) is 10.1. The molecule has 0 unspecified atom stereocenters. The maximum absolute atomic E-state index is 12.0. The quantitative estimate of drug-likeness (QED) is 0.679. The Balaban J connectivity index is 1.88. The molecule has 0 bridgehead atoms. The number of amides is 1. The molecule has 0 heterocycles. The van der Waals surface area contributed by atoms with Crippen LogP contribution in [0, 0.1) is 0 Å². The fourth-order valence-electron chi connectivity index (χ4n) is 2.21. The highest BCUT2D eigenvalue weighted by Crippen LogP contribution is 2.28. The van der Waals surface area contributed by atoms with E-state index in [0.717, 1.165) is 6.42 Å². The summed E-state index contributed by atoms with van der Waals surface area (Å²) in [5, 5.41) is 2.64. The van der Waals surface area contributed by atoms with Gasteiger partial charge in [-0.25, -0.2) is 4.79 Å².